The molecule has 2 rings (SSSR count). The van der Waals surface area contributed by atoms with Crippen molar-refractivity contribution < 1.29 is 24.5 Å². The van der Waals surface area contributed by atoms with Gasteiger partial charge in [0.25, 0.3) is 0 Å². The second kappa shape index (κ2) is 5.67. The number of rotatable bonds is 6. The normalized spacial score (nSPS) is 15.9. The fourth-order valence-corrected chi connectivity index (χ4v) is 1.98. The average Bonchev–Trinajstić information content (AvgIpc) is 3.19. The molecule has 1 aliphatic carbocycles. The van der Waals surface area contributed by atoms with E-state index >= 15 is 0 Å². The first-order chi connectivity index (χ1) is 9.04. The highest BCUT2D eigenvalue weighted by Crippen LogP contribution is 2.41. The molecular weight excluding hydrogens is 272 g/mol. The lowest BCUT2D eigenvalue weighted by molar-refractivity contribution is -0.147. The Kier molecular flexibility index (Phi) is 4.17. The number of ether oxygens (including phenoxy) is 2. The van der Waals surface area contributed by atoms with Crippen LogP contribution in [0.1, 0.15) is 24.5 Å². The maximum Gasteiger partial charge on any atom is 0.337 e. The molecule has 6 heteroatoms. The lowest BCUT2D eigenvalue weighted by Gasteiger charge is -2.18. The first kappa shape index (κ1) is 14.0. The molecule has 1 aliphatic rings. The lowest BCUT2D eigenvalue weighted by atomic mass is 10.1. The summed E-state index contributed by atoms with van der Waals surface area (Å²) >= 11 is 5.97. The smallest absolute Gasteiger partial charge is 0.337 e. The molecule has 1 aromatic rings. The summed E-state index contributed by atoms with van der Waals surface area (Å²) in [4.78, 5) is 10.9. The van der Waals surface area contributed by atoms with Crippen LogP contribution in [0, 0.1) is 5.92 Å². The van der Waals surface area contributed by atoms with Crippen LogP contribution in [0.3, 0.4) is 0 Å². The van der Waals surface area contributed by atoms with E-state index in [1.54, 1.807) is 6.07 Å². The van der Waals surface area contributed by atoms with Gasteiger partial charge in [-0.1, -0.05) is 11.6 Å². The molecule has 0 saturated heterocycles. The molecule has 2 N–H and O–H groups in total. The molecule has 19 heavy (non-hydrogen) atoms. The van der Waals surface area contributed by atoms with E-state index in [1.807, 2.05) is 0 Å². The number of carboxylic acids is 1. The third kappa shape index (κ3) is 3.11. The van der Waals surface area contributed by atoms with Gasteiger partial charge in [0.05, 0.1) is 24.3 Å². The number of aliphatic hydroxyl groups is 1. The zero-order valence-electron chi connectivity index (χ0n) is 10.4. The monoisotopic (exact) mass is 286 g/mol. The van der Waals surface area contributed by atoms with Crippen LogP contribution in [0.5, 0.6) is 11.5 Å². The molecule has 0 aliphatic heterocycles. The Balaban J connectivity index is 2.37. The van der Waals surface area contributed by atoms with Crippen LogP contribution in [0.25, 0.3) is 0 Å². The summed E-state index contributed by atoms with van der Waals surface area (Å²) in [7, 11) is 1.45. The van der Waals surface area contributed by atoms with E-state index in [0.29, 0.717) is 18.3 Å². The van der Waals surface area contributed by atoms with Crippen molar-refractivity contribution >= 4 is 17.6 Å². The van der Waals surface area contributed by atoms with E-state index in [1.165, 1.54) is 13.2 Å². The summed E-state index contributed by atoms with van der Waals surface area (Å²) in [6, 6.07) is 3.06. The second-order valence-corrected chi connectivity index (χ2v) is 4.89. The molecule has 1 unspecified atom stereocenters. The summed E-state index contributed by atoms with van der Waals surface area (Å²) in [5.74, 6) is -0.331. The Bertz CT molecular complexity index is 484. The van der Waals surface area contributed by atoms with Crippen LogP contribution in [0.4, 0.5) is 0 Å². The van der Waals surface area contributed by atoms with Crippen molar-refractivity contribution in [1.29, 1.82) is 0 Å². The number of methoxy groups -OCH3 is 1. The Hall–Kier alpha value is -1.46. The first-order valence-electron chi connectivity index (χ1n) is 5.94. The van der Waals surface area contributed by atoms with Gasteiger partial charge in [-0.3, -0.25) is 0 Å². The number of aliphatic carboxylic acids is 1. The molecule has 0 bridgehead atoms. The number of aliphatic hydroxyl groups excluding tert-OH is 1. The van der Waals surface area contributed by atoms with Gasteiger partial charge in [-0.05, 0) is 30.9 Å². The van der Waals surface area contributed by atoms with Crippen molar-refractivity contribution in [2.75, 3.05) is 13.7 Å². The van der Waals surface area contributed by atoms with Crippen LogP contribution in [-0.2, 0) is 4.79 Å². The number of benzene rings is 1. The van der Waals surface area contributed by atoms with Gasteiger partial charge in [0.1, 0.15) is 0 Å². The number of hydrogen-bond acceptors (Lipinski definition) is 4. The number of halogens is 1. The minimum atomic E-state index is -1.74. The number of hydrogen-bond donors (Lipinski definition) is 2. The quantitative estimate of drug-likeness (QED) is 0.839. The van der Waals surface area contributed by atoms with Crippen molar-refractivity contribution in [2.45, 2.75) is 18.9 Å². The Labute approximate surface area is 115 Å². The van der Waals surface area contributed by atoms with E-state index < -0.39 is 12.1 Å². The van der Waals surface area contributed by atoms with Gasteiger partial charge in [-0.2, -0.15) is 0 Å². The van der Waals surface area contributed by atoms with E-state index in [-0.39, 0.29) is 16.3 Å². The second-order valence-electron chi connectivity index (χ2n) is 4.49. The molecular formula is C13H15ClO5. The van der Waals surface area contributed by atoms with Gasteiger partial charge < -0.3 is 19.7 Å². The summed E-state index contributed by atoms with van der Waals surface area (Å²) in [6.07, 6.45) is 0.455. The van der Waals surface area contributed by atoms with Crippen molar-refractivity contribution in [1.82, 2.24) is 0 Å². The minimum Gasteiger partial charge on any atom is -0.493 e. The van der Waals surface area contributed by atoms with Crippen molar-refractivity contribution in [3.63, 3.8) is 0 Å². The van der Waals surface area contributed by atoms with Crippen LogP contribution in [0.15, 0.2) is 12.1 Å². The maximum absolute atomic E-state index is 10.9. The van der Waals surface area contributed by atoms with Crippen molar-refractivity contribution in [2.24, 2.45) is 5.92 Å². The van der Waals surface area contributed by atoms with Gasteiger partial charge in [-0.15, -0.1) is 0 Å². The predicted molar refractivity (Wildman–Crippen MR) is 68.8 cm³/mol. The molecule has 1 aromatic carbocycles. The summed E-state index contributed by atoms with van der Waals surface area (Å²) in [5.41, 5.74) is 0.0363. The highest BCUT2D eigenvalue weighted by atomic mass is 35.5. The third-order valence-corrected chi connectivity index (χ3v) is 3.32. The predicted octanol–water partition coefficient (Wildman–Crippen LogP) is 2.26. The highest BCUT2D eigenvalue weighted by molar-refractivity contribution is 6.32. The fraction of sp³-hybridized carbons (Fsp3) is 0.462. The van der Waals surface area contributed by atoms with Gasteiger partial charge in [0, 0.05) is 0 Å². The average molecular weight is 287 g/mol. The Morgan fingerprint density at radius 2 is 2.21 bits per heavy atom. The lowest BCUT2D eigenvalue weighted by Crippen LogP contribution is -2.14. The van der Waals surface area contributed by atoms with Gasteiger partial charge in [-0.25, -0.2) is 4.79 Å². The van der Waals surface area contributed by atoms with Crippen LogP contribution in [-0.4, -0.2) is 29.9 Å². The van der Waals surface area contributed by atoms with E-state index in [9.17, 15) is 9.90 Å². The number of carbonyl (C=O) groups is 1. The summed E-state index contributed by atoms with van der Waals surface area (Å²) in [5, 5.41) is 18.8. The van der Waals surface area contributed by atoms with E-state index in [0.717, 1.165) is 12.8 Å². The largest absolute Gasteiger partial charge is 0.493 e. The van der Waals surface area contributed by atoms with Crippen LogP contribution < -0.4 is 9.47 Å². The van der Waals surface area contributed by atoms with E-state index in [4.69, 9.17) is 26.2 Å². The molecule has 1 atom stereocenters. The standard InChI is InChI=1S/C13H15ClO5/c1-18-9-5-4-8(14)10(11(15)13(16)17)12(9)19-6-7-2-3-7/h4-5,7,11,15H,2-3,6H2,1H3,(H,16,17). The zero-order chi connectivity index (χ0) is 14.0. The Morgan fingerprint density at radius 1 is 1.53 bits per heavy atom. The SMILES string of the molecule is COc1ccc(Cl)c(C(O)C(=O)O)c1OCC1CC1. The fourth-order valence-electron chi connectivity index (χ4n) is 1.73. The highest BCUT2D eigenvalue weighted by Gasteiger charge is 2.28. The van der Waals surface area contributed by atoms with Gasteiger partial charge in [0.2, 0.25) is 0 Å². The molecule has 5 nitrogen and oxygen atoms in total. The van der Waals surface area contributed by atoms with Gasteiger partial charge >= 0.3 is 5.97 Å². The van der Waals surface area contributed by atoms with E-state index in [2.05, 4.69) is 0 Å². The minimum absolute atomic E-state index is 0.0363. The van der Waals surface area contributed by atoms with Crippen LogP contribution >= 0.6 is 11.6 Å². The molecule has 104 valence electrons. The maximum atomic E-state index is 10.9. The zero-order valence-corrected chi connectivity index (χ0v) is 11.2. The number of carboxylic acid groups (broad SMARTS) is 1. The summed E-state index contributed by atoms with van der Waals surface area (Å²) < 4.78 is 10.7. The summed E-state index contributed by atoms with van der Waals surface area (Å²) in [6.45, 7) is 0.468. The Morgan fingerprint density at radius 3 is 2.74 bits per heavy atom. The molecule has 0 radical (unpaired) electrons. The topological polar surface area (TPSA) is 76.0 Å². The molecule has 1 saturated carbocycles. The first-order valence-corrected chi connectivity index (χ1v) is 6.32. The van der Waals surface area contributed by atoms with Crippen LogP contribution in [0.2, 0.25) is 5.02 Å². The van der Waals surface area contributed by atoms with Crippen molar-refractivity contribution in [3.05, 3.63) is 22.7 Å². The molecule has 0 amide bonds. The molecule has 0 spiro atoms. The molecule has 0 heterocycles. The third-order valence-electron chi connectivity index (χ3n) is 2.99. The molecule has 1 fully saturated rings. The molecule has 0 aromatic heterocycles. The van der Waals surface area contributed by atoms with Gasteiger partial charge in [0.15, 0.2) is 17.6 Å². The van der Waals surface area contributed by atoms with Crippen molar-refractivity contribution in [3.8, 4) is 11.5 Å².